The molecule has 0 atom stereocenters. The number of nitrogens with one attached hydrogen (secondary N) is 1. The first kappa shape index (κ1) is 20.1. The van der Waals surface area contributed by atoms with Crippen molar-refractivity contribution in [2.75, 3.05) is 11.9 Å². The highest BCUT2D eigenvalue weighted by Crippen LogP contribution is 2.15. The Labute approximate surface area is 177 Å². The number of hydrogen-bond donors (Lipinski definition) is 1. The molecule has 0 spiro atoms. The largest absolute Gasteiger partial charge is 0.452 e. The lowest BCUT2D eigenvalue weighted by molar-refractivity contribution is -0.119. The number of ether oxygens (including phenoxy) is 1. The van der Waals surface area contributed by atoms with Gasteiger partial charge in [0.1, 0.15) is 11.6 Å². The van der Waals surface area contributed by atoms with Crippen LogP contribution in [-0.2, 0) is 9.53 Å². The molecule has 0 saturated carbocycles. The van der Waals surface area contributed by atoms with E-state index in [1.807, 2.05) is 19.9 Å². The molecule has 0 unspecified atom stereocenters. The second-order valence-corrected chi connectivity index (χ2v) is 7.05. The number of fused-ring (bicyclic) bond motifs is 1. The third-order valence-corrected chi connectivity index (χ3v) is 4.40. The molecule has 31 heavy (non-hydrogen) atoms. The molecule has 0 aliphatic carbocycles. The Kier molecular flexibility index (Phi) is 5.15. The van der Waals surface area contributed by atoms with Crippen molar-refractivity contribution in [2.24, 2.45) is 0 Å². The van der Waals surface area contributed by atoms with Crippen molar-refractivity contribution in [1.82, 2.24) is 34.3 Å². The fourth-order valence-corrected chi connectivity index (χ4v) is 3.06. The number of nitrogens with zero attached hydrogens (tertiary/aromatic N) is 7. The number of rotatable bonds is 5. The number of carbonyl (C=O) groups is 2. The molecule has 4 rings (SSSR count). The molecule has 1 N–H and O–H groups in total. The number of aromatic nitrogens is 7. The maximum atomic E-state index is 12.4. The van der Waals surface area contributed by atoms with Crippen LogP contribution >= 0.6 is 0 Å². The topological polar surface area (TPSA) is 129 Å². The van der Waals surface area contributed by atoms with Gasteiger partial charge in [0, 0.05) is 23.7 Å². The lowest BCUT2D eigenvalue weighted by Gasteiger charge is -2.09. The highest BCUT2D eigenvalue weighted by molar-refractivity contribution is 5.95. The molecule has 4 heterocycles. The van der Waals surface area contributed by atoms with Gasteiger partial charge in [-0.1, -0.05) is 0 Å². The monoisotopic (exact) mass is 420 g/mol. The normalized spacial score (nSPS) is 11.0. The molecular weight excluding hydrogens is 400 g/mol. The number of aryl methyl sites for hydroxylation is 4. The molecule has 0 aliphatic heterocycles. The number of amides is 1. The summed E-state index contributed by atoms with van der Waals surface area (Å²) in [5, 5.41) is 14.9. The van der Waals surface area contributed by atoms with Crippen LogP contribution in [0.25, 0.3) is 11.6 Å². The van der Waals surface area contributed by atoms with E-state index in [1.165, 1.54) is 4.68 Å². The summed E-state index contributed by atoms with van der Waals surface area (Å²) in [6, 6.07) is 6.75. The van der Waals surface area contributed by atoms with E-state index in [2.05, 4.69) is 30.6 Å². The van der Waals surface area contributed by atoms with Gasteiger partial charge in [-0.2, -0.15) is 9.78 Å². The smallest absolute Gasteiger partial charge is 0.340 e. The van der Waals surface area contributed by atoms with Gasteiger partial charge in [0.2, 0.25) is 0 Å². The molecule has 4 aromatic heterocycles. The molecule has 158 valence electrons. The van der Waals surface area contributed by atoms with Crippen LogP contribution in [0.5, 0.6) is 0 Å². The summed E-state index contributed by atoms with van der Waals surface area (Å²) >= 11 is 0. The molecule has 0 radical (unpaired) electrons. The van der Waals surface area contributed by atoms with Gasteiger partial charge in [-0.15, -0.1) is 10.2 Å². The first-order valence-corrected chi connectivity index (χ1v) is 9.48. The number of pyridine rings is 1. The van der Waals surface area contributed by atoms with Crippen molar-refractivity contribution in [3.63, 3.8) is 0 Å². The van der Waals surface area contributed by atoms with Crippen molar-refractivity contribution in [2.45, 2.75) is 27.7 Å². The van der Waals surface area contributed by atoms with Gasteiger partial charge in [-0.3, -0.25) is 9.20 Å². The van der Waals surface area contributed by atoms with Gasteiger partial charge >= 0.3 is 5.97 Å². The number of anilines is 1. The number of hydrogen-bond acceptors (Lipinski definition) is 8. The van der Waals surface area contributed by atoms with Crippen molar-refractivity contribution < 1.29 is 14.3 Å². The Balaban J connectivity index is 1.45. The Bertz CT molecular complexity index is 1290. The van der Waals surface area contributed by atoms with Gasteiger partial charge in [-0.25, -0.2) is 14.8 Å². The van der Waals surface area contributed by atoms with Crippen molar-refractivity contribution in [3.05, 3.63) is 58.9 Å². The maximum Gasteiger partial charge on any atom is 0.340 e. The predicted molar refractivity (Wildman–Crippen MR) is 110 cm³/mol. The Morgan fingerprint density at radius 2 is 1.74 bits per heavy atom. The van der Waals surface area contributed by atoms with Crippen LogP contribution < -0.4 is 5.32 Å². The zero-order valence-electron chi connectivity index (χ0n) is 17.4. The first-order chi connectivity index (χ1) is 14.8. The fraction of sp³-hybridized carbons (Fsp3) is 0.250. The second kappa shape index (κ2) is 7.94. The van der Waals surface area contributed by atoms with Gasteiger partial charge in [0.25, 0.3) is 11.9 Å². The quantitative estimate of drug-likeness (QED) is 0.483. The van der Waals surface area contributed by atoms with Gasteiger partial charge in [0.15, 0.2) is 12.3 Å². The fourth-order valence-electron chi connectivity index (χ4n) is 3.06. The molecule has 0 aromatic carbocycles. The van der Waals surface area contributed by atoms with Crippen molar-refractivity contribution >= 4 is 23.3 Å². The Morgan fingerprint density at radius 3 is 2.48 bits per heavy atom. The molecule has 4 aromatic rings. The molecule has 0 saturated heterocycles. The SMILES string of the molecule is Cc1cc(C)nc(-n2nc(C)cc2NC(=O)COC(=O)c2ccc3nnc(C)n3c2)n1. The van der Waals surface area contributed by atoms with E-state index >= 15 is 0 Å². The molecule has 11 nitrogen and oxygen atoms in total. The standard InChI is InChI=1S/C20H20N8O3/c1-11-7-12(2)22-20(21-11)28-17(8-13(3)26-28)23-18(29)10-31-19(30)15-5-6-16-25-24-14(4)27(16)9-15/h5-9H,10H2,1-4H3,(H,23,29). The van der Waals surface area contributed by atoms with Gasteiger partial charge < -0.3 is 10.1 Å². The number of carbonyl (C=O) groups excluding carboxylic acids is 2. The summed E-state index contributed by atoms with van der Waals surface area (Å²) < 4.78 is 8.26. The van der Waals surface area contributed by atoms with Crippen molar-refractivity contribution in [1.29, 1.82) is 0 Å². The second-order valence-electron chi connectivity index (χ2n) is 7.05. The molecule has 0 aliphatic rings. The summed E-state index contributed by atoms with van der Waals surface area (Å²) in [6.45, 7) is 6.80. The van der Waals surface area contributed by atoms with E-state index in [0.29, 0.717) is 28.9 Å². The zero-order chi connectivity index (χ0) is 22.1. The van der Waals surface area contributed by atoms with Crippen LogP contribution in [0.3, 0.4) is 0 Å². The highest BCUT2D eigenvalue weighted by atomic mass is 16.5. The van der Waals surface area contributed by atoms with Gasteiger partial charge in [0.05, 0.1) is 11.3 Å². The zero-order valence-corrected chi connectivity index (χ0v) is 17.4. The molecule has 0 bridgehead atoms. The summed E-state index contributed by atoms with van der Waals surface area (Å²) in [5.41, 5.74) is 3.13. The third kappa shape index (κ3) is 4.25. The molecular formula is C20H20N8O3. The van der Waals surface area contributed by atoms with E-state index < -0.39 is 18.5 Å². The van der Waals surface area contributed by atoms with Crippen LogP contribution in [0.1, 0.15) is 33.3 Å². The lowest BCUT2D eigenvalue weighted by atomic mass is 10.3. The highest BCUT2D eigenvalue weighted by Gasteiger charge is 2.16. The third-order valence-electron chi connectivity index (χ3n) is 4.40. The van der Waals surface area contributed by atoms with E-state index in [1.54, 1.807) is 42.6 Å². The van der Waals surface area contributed by atoms with E-state index in [0.717, 1.165) is 11.4 Å². The summed E-state index contributed by atoms with van der Waals surface area (Å²) in [5.74, 6) is 0.216. The van der Waals surface area contributed by atoms with Gasteiger partial charge in [-0.05, 0) is 45.9 Å². The Morgan fingerprint density at radius 1 is 1.00 bits per heavy atom. The van der Waals surface area contributed by atoms with Crippen LogP contribution in [0.15, 0.2) is 30.5 Å². The van der Waals surface area contributed by atoms with E-state index in [4.69, 9.17) is 4.74 Å². The predicted octanol–water partition coefficient (Wildman–Crippen LogP) is 1.73. The molecule has 11 heteroatoms. The summed E-state index contributed by atoms with van der Waals surface area (Å²) in [4.78, 5) is 33.5. The molecule has 0 fully saturated rings. The lowest BCUT2D eigenvalue weighted by Crippen LogP contribution is -2.23. The van der Waals surface area contributed by atoms with Crippen LogP contribution in [0, 0.1) is 27.7 Å². The average Bonchev–Trinajstić information content (AvgIpc) is 3.27. The summed E-state index contributed by atoms with van der Waals surface area (Å²) in [7, 11) is 0. The van der Waals surface area contributed by atoms with Crippen LogP contribution in [-0.4, -0.2) is 52.8 Å². The minimum atomic E-state index is -0.632. The first-order valence-electron chi connectivity index (χ1n) is 9.48. The van der Waals surface area contributed by atoms with Crippen LogP contribution in [0.4, 0.5) is 5.82 Å². The molecule has 1 amide bonds. The van der Waals surface area contributed by atoms with Crippen molar-refractivity contribution in [3.8, 4) is 5.95 Å². The average molecular weight is 420 g/mol. The number of esters is 1. The Hall–Kier alpha value is -4.15. The van der Waals surface area contributed by atoms with Crippen LogP contribution in [0.2, 0.25) is 0 Å². The maximum absolute atomic E-state index is 12.4. The minimum absolute atomic E-state index is 0.285. The summed E-state index contributed by atoms with van der Waals surface area (Å²) in [6.07, 6.45) is 1.57. The van der Waals surface area contributed by atoms with E-state index in [9.17, 15) is 9.59 Å². The minimum Gasteiger partial charge on any atom is -0.452 e. The van der Waals surface area contributed by atoms with E-state index in [-0.39, 0.29) is 5.56 Å².